The number of imidazole rings is 1. The maximum Gasteiger partial charge on any atom is 0.178 e. The molecule has 5 rings (SSSR count). The Labute approximate surface area is 222 Å². The highest BCUT2D eigenvalue weighted by Gasteiger charge is 2.28. The van der Waals surface area contributed by atoms with E-state index in [0.29, 0.717) is 11.5 Å². The minimum atomic E-state index is 0.195. The van der Waals surface area contributed by atoms with E-state index in [1.165, 1.54) is 0 Å². The van der Waals surface area contributed by atoms with E-state index in [2.05, 4.69) is 27.2 Å². The van der Waals surface area contributed by atoms with Gasteiger partial charge in [0.1, 0.15) is 5.69 Å². The SMILES string of the molecule is C#C/C=C\C(=C/C)c1cn([C@@H]2CCN(c3cc(C)nn4c(-c5ccc(OC)c(OC)c5)c(C)nc34)C2)nn1. The number of nitrogens with zero attached hydrogens (tertiary/aromatic N) is 7. The second-order valence-corrected chi connectivity index (χ2v) is 9.24. The normalized spacial score (nSPS) is 15.9. The predicted octanol–water partition coefficient (Wildman–Crippen LogP) is 4.67. The van der Waals surface area contributed by atoms with Gasteiger partial charge in [0.05, 0.1) is 49.2 Å². The van der Waals surface area contributed by atoms with Crippen LogP contribution in [0.4, 0.5) is 5.69 Å². The van der Waals surface area contributed by atoms with E-state index in [-0.39, 0.29) is 6.04 Å². The summed E-state index contributed by atoms with van der Waals surface area (Å²) in [5.74, 6) is 3.87. The van der Waals surface area contributed by atoms with Crippen LogP contribution >= 0.6 is 0 Å². The van der Waals surface area contributed by atoms with Gasteiger partial charge in [0.15, 0.2) is 17.1 Å². The molecular weight excluding hydrogens is 478 g/mol. The average molecular weight is 510 g/mol. The molecule has 4 aromatic rings. The number of rotatable bonds is 7. The molecule has 1 saturated heterocycles. The maximum atomic E-state index is 5.54. The molecule has 1 aliphatic rings. The van der Waals surface area contributed by atoms with Gasteiger partial charge in [-0.1, -0.05) is 17.2 Å². The molecule has 0 amide bonds. The van der Waals surface area contributed by atoms with Crippen molar-refractivity contribution in [3.05, 3.63) is 65.8 Å². The smallest absolute Gasteiger partial charge is 0.178 e. The predicted molar refractivity (Wildman–Crippen MR) is 149 cm³/mol. The van der Waals surface area contributed by atoms with Crippen molar-refractivity contribution in [1.82, 2.24) is 29.6 Å². The van der Waals surface area contributed by atoms with Gasteiger partial charge < -0.3 is 14.4 Å². The molecule has 4 heterocycles. The Morgan fingerprint density at radius 3 is 2.71 bits per heavy atom. The Morgan fingerprint density at radius 1 is 1.16 bits per heavy atom. The molecule has 0 bridgehead atoms. The van der Waals surface area contributed by atoms with Gasteiger partial charge >= 0.3 is 0 Å². The number of ether oxygens (including phenoxy) is 2. The number of methoxy groups -OCH3 is 2. The molecule has 0 saturated carbocycles. The largest absolute Gasteiger partial charge is 0.493 e. The lowest BCUT2D eigenvalue weighted by Crippen LogP contribution is -2.22. The molecule has 0 unspecified atom stereocenters. The molecule has 0 N–H and O–H groups in total. The number of aromatic nitrogens is 6. The van der Waals surface area contributed by atoms with Gasteiger partial charge in [-0.25, -0.2) is 14.2 Å². The first-order valence-electron chi connectivity index (χ1n) is 12.5. The summed E-state index contributed by atoms with van der Waals surface area (Å²) in [5, 5.41) is 13.7. The highest BCUT2D eigenvalue weighted by atomic mass is 16.5. The maximum absolute atomic E-state index is 5.54. The fraction of sp³-hybridized carbons (Fsp3) is 0.310. The minimum Gasteiger partial charge on any atom is -0.493 e. The van der Waals surface area contributed by atoms with Gasteiger partial charge in [-0.3, -0.25) is 0 Å². The molecule has 194 valence electrons. The third-order valence-electron chi connectivity index (χ3n) is 6.87. The highest BCUT2D eigenvalue weighted by Crippen LogP contribution is 2.36. The molecule has 9 heteroatoms. The fourth-order valence-electron chi connectivity index (χ4n) is 5.01. The van der Waals surface area contributed by atoms with Gasteiger partial charge in [0, 0.05) is 24.2 Å². The lowest BCUT2D eigenvalue weighted by molar-refractivity contribution is 0.355. The monoisotopic (exact) mass is 509 g/mol. The number of hydrogen-bond donors (Lipinski definition) is 0. The van der Waals surface area contributed by atoms with Crippen molar-refractivity contribution in [2.24, 2.45) is 0 Å². The summed E-state index contributed by atoms with van der Waals surface area (Å²) in [6.07, 6.45) is 13.8. The topological polar surface area (TPSA) is 82.6 Å². The first-order valence-corrected chi connectivity index (χ1v) is 12.5. The van der Waals surface area contributed by atoms with Crippen LogP contribution in [-0.2, 0) is 0 Å². The van der Waals surface area contributed by atoms with Crippen molar-refractivity contribution < 1.29 is 9.47 Å². The molecule has 38 heavy (non-hydrogen) atoms. The van der Waals surface area contributed by atoms with Crippen molar-refractivity contribution in [3.63, 3.8) is 0 Å². The van der Waals surface area contributed by atoms with E-state index in [1.807, 2.05) is 66.5 Å². The summed E-state index contributed by atoms with van der Waals surface area (Å²) in [6, 6.07) is 8.18. The second-order valence-electron chi connectivity index (χ2n) is 9.24. The summed E-state index contributed by atoms with van der Waals surface area (Å²) in [7, 11) is 3.27. The van der Waals surface area contributed by atoms with Crippen LogP contribution in [0.3, 0.4) is 0 Å². The molecule has 1 atom stereocenters. The van der Waals surface area contributed by atoms with Gasteiger partial charge in [0.25, 0.3) is 0 Å². The van der Waals surface area contributed by atoms with E-state index in [0.717, 1.165) is 64.8 Å². The zero-order chi connectivity index (χ0) is 26.8. The molecule has 0 aliphatic carbocycles. The van der Waals surface area contributed by atoms with Crippen molar-refractivity contribution in [2.45, 2.75) is 33.2 Å². The van der Waals surface area contributed by atoms with Gasteiger partial charge in [-0.05, 0) is 63.6 Å². The summed E-state index contributed by atoms with van der Waals surface area (Å²) in [6.45, 7) is 7.66. The summed E-state index contributed by atoms with van der Waals surface area (Å²) < 4.78 is 14.9. The van der Waals surface area contributed by atoms with E-state index in [1.54, 1.807) is 20.3 Å². The Kier molecular flexibility index (Phi) is 6.88. The number of fused-ring (bicyclic) bond motifs is 1. The van der Waals surface area contributed by atoms with Gasteiger partial charge in [-0.15, -0.1) is 11.5 Å². The first kappa shape index (κ1) is 25.1. The van der Waals surface area contributed by atoms with E-state index in [4.69, 9.17) is 26.0 Å². The zero-order valence-electron chi connectivity index (χ0n) is 22.3. The molecule has 9 nitrogen and oxygen atoms in total. The number of anilines is 1. The Morgan fingerprint density at radius 2 is 1.97 bits per heavy atom. The fourth-order valence-corrected chi connectivity index (χ4v) is 5.01. The Bertz CT molecular complexity index is 1590. The molecular formula is C29H31N7O2. The van der Waals surface area contributed by atoms with Crippen LogP contribution in [0.5, 0.6) is 11.5 Å². The third kappa shape index (κ3) is 4.50. The van der Waals surface area contributed by atoms with Crippen LogP contribution < -0.4 is 14.4 Å². The van der Waals surface area contributed by atoms with Crippen molar-refractivity contribution in [3.8, 4) is 35.1 Å². The number of terminal acetylenes is 1. The molecule has 0 radical (unpaired) electrons. The standard InChI is InChI=1S/C29H31N7O2/c1-7-9-10-21(8-2)24-18-35(33-31-24)23-13-14-34(17-23)25-15-19(3)32-36-28(20(4)30-29(25)36)22-11-12-26(37-5)27(16-22)38-6/h1,8-12,15-16,18,23H,13-14,17H2,2-6H3/b10-9-,21-8+/t23-/m1/s1. The molecule has 1 fully saturated rings. The highest BCUT2D eigenvalue weighted by molar-refractivity contribution is 5.77. The van der Waals surface area contributed by atoms with Crippen molar-refractivity contribution in [2.75, 3.05) is 32.2 Å². The van der Waals surface area contributed by atoms with Gasteiger partial charge in [-0.2, -0.15) is 5.10 Å². The number of aryl methyl sites for hydroxylation is 2. The Balaban J connectivity index is 1.47. The average Bonchev–Trinajstić information content (AvgIpc) is 3.67. The van der Waals surface area contributed by atoms with E-state index >= 15 is 0 Å². The van der Waals surface area contributed by atoms with Crippen LogP contribution in [-0.4, -0.2) is 56.9 Å². The first-order chi connectivity index (χ1) is 18.5. The summed E-state index contributed by atoms with van der Waals surface area (Å²) in [5.41, 5.74) is 7.35. The lowest BCUT2D eigenvalue weighted by Gasteiger charge is -2.20. The van der Waals surface area contributed by atoms with Gasteiger partial charge in [0.2, 0.25) is 0 Å². The Hall–Kier alpha value is -4.58. The van der Waals surface area contributed by atoms with Crippen LogP contribution in [0.1, 0.15) is 36.5 Å². The van der Waals surface area contributed by atoms with Crippen LogP contribution in [0.15, 0.2) is 48.7 Å². The number of allylic oxidation sites excluding steroid dienone is 4. The molecule has 1 aliphatic heterocycles. The molecule has 3 aromatic heterocycles. The van der Waals surface area contributed by atoms with Crippen molar-refractivity contribution in [1.29, 1.82) is 0 Å². The summed E-state index contributed by atoms with van der Waals surface area (Å²) in [4.78, 5) is 7.32. The quantitative estimate of drug-likeness (QED) is 0.265. The van der Waals surface area contributed by atoms with Crippen LogP contribution in [0, 0.1) is 26.2 Å². The van der Waals surface area contributed by atoms with E-state index < -0.39 is 0 Å². The molecule has 1 aromatic carbocycles. The van der Waals surface area contributed by atoms with Crippen LogP contribution in [0.25, 0.3) is 22.5 Å². The second kappa shape index (κ2) is 10.4. The summed E-state index contributed by atoms with van der Waals surface area (Å²) >= 11 is 0. The van der Waals surface area contributed by atoms with Crippen molar-refractivity contribution >= 4 is 16.9 Å². The minimum absolute atomic E-state index is 0.195. The van der Waals surface area contributed by atoms with E-state index in [9.17, 15) is 0 Å². The van der Waals surface area contributed by atoms with Crippen LogP contribution in [0.2, 0.25) is 0 Å². The number of hydrogen-bond acceptors (Lipinski definition) is 7. The zero-order valence-corrected chi connectivity index (χ0v) is 22.3. The number of benzene rings is 1. The third-order valence-corrected chi connectivity index (χ3v) is 6.87. The lowest BCUT2D eigenvalue weighted by atomic mass is 10.1. The molecule has 0 spiro atoms.